The molecule has 56 heavy (non-hydrogen) atoms. The summed E-state index contributed by atoms with van der Waals surface area (Å²) in [5.74, 6) is 5.84. The highest BCUT2D eigenvalue weighted by Gasteiger charge is 2.39. The van der Waals surface area contributed by atoms with Crippen LogP contribution in [-0.2, 0) is 9.59 Å². The number of nitrogens with zero attached hydrogens (tertiary/aromatic N) is 4. The highest BCUT2D eigenvalue weighted by atomic mass is 16.4. The van der Waals surface area contributed by atoms with Crippen molar-refractivity contribution in [1.82, 2.24) is 40.4 Å². The summed E-state index contributed by atoms with van der Waals surface area (Å²) in [4.78, 5) is 67.3. The summed E-state index contributed by atoms with van der Waals surface area (Å²) in [6.45, 7) is 1.81. The SMILES string of the molecule is O=C=C1C[C@@H](N2CCC[C@H]2c2ncc(-c3ccc(-c4ccc(-c5cnc([C@@H]6CCCN6[C@H]6CC[C@@H](NC(=O)O)C(=C=O)C6)[nH]5)cc4)cc3)[nH]2)CC[C@H]1NC(=O)O. The first-order valence-electron chi connectivity index (χ1n) is 19.6. The van der Waals surface area contributed by atoms with E-state index in [4.69, 9.17) is 20.2 Å². The zero-order valence-electron chi connectivity index (χ0n) is 31.0. The maximum atomic E-state index is 11.7. The first-order valence-corrected chi connectivity index (χ1v) is 19.6. The molecule has 0 unspecified atom stereocenters. The van der Waals surface area contributed by atoms with Crippen LogP contribution in [0.2, 0.25) is 0 Å². The van der Waals surface area contributed by atoms with E-state index in [0.717, 1.165) is 96.9 Å². The van der Waals surface area contributed by atoms with Crippen LogP contribution >= 0.6 is 0 Å². The minimum Gasteiger partial charge on any atom is -0.465 e. The van der Waals surface area contributed by atoms with Gasteiger partial charge in [0, 0.05) is 23.2 Å². The lowest BCUT2D eigenvalue weighted by Crippen LogP contribution is -2.45. The molecular formula is C42H46N8O6. The van der Waals surface area contributed by atoms with Gasteiger partial charge in [-0.2, -0.15) is 0 Å². The number of amides is 2. The molecule has 14 heteroatoms. The molecule has 0 spiro atoms. The summed E-state index contributed by atoms with van der Waals surface area (Å²) in [6.07, 6.45) is 9.28. The van der Waals surface area contributed by atoms with Gasteiger partial charge in [0.1, 0.15) is 23.5 Å². The van der Waals surface area contributed by atoms with Crippen LogP contribution in [0, 0.1) is 0 Å². The van der Waals surface area contributed by atoms with E-state index in [2.05, 4.69) is 78.9 Å². The molecule has 8 rings (SSSR count). The third kappa shape index (κ3) is 7.69. The van der Waals surface area contributed by atoms with Gasteiger partial charge >= 0.3 is 12.2 Å². The Morgan fingerprint density at radius 1 is 0.607 bits per heavy atom. The van der Waals surface area contributed by atoms with Crippen molar-refractivity contribution in [3.05, 3.63) is 83.7 Å². The van der Waals surface area contributed by atoms with Crippen LogP contribution in [0.1, 0.15) is 87.9 Å². The number of carbonyl (C=O) groups is 2. The highest BCUT2D eigenvalue weighted by molar-refractivity contribution is 5.72. The molecule has 2 saturated carbocycles. The lowest BCUT2D eigenvalue weighted by Gasteiger charge is -2.37. The molecule has 2 saturated heterocycles. The van der Waals surface area contributed by atoms with E-state index < -0.39 is 24.3 Å². The van der Waals surface area contributed by atoms with Crippen molar-refractivity contribution in [2.75, 3.05) is 13.1 Å². The standard InChI is InChI=1S/C42H46N8O6/c51-23-29-19-31(13-15-33(29)47-41(53)54)49-17-1-3-37(49)39-43-21-35(45-39)27-9-5-25(6-10-27)26-7-11-28(12-8-26)36-22-44-40(46-36)38-4-2-18-50(38)32-14-16-34(48-42(55)56)30(20-32)24-52/h5-12,21-22,31-34,37-38,47-48H,1-4,13-20H2,(H,43,45)(H,44,46)(H,53,54)(H,55,56)/t31-,32-,33+,34+,37-,38-/m0/s1. The lowest BCUT2D eigenvalue weighted by molar-refractivity contribution is 0.143. The van der Waals surface area contributed by atoms with Crippen LogP contribution < -0.4 is 10.6 Å². The fourth-order valence-electron chi connectivity index (χ4n) is 9.50. The second kappa shape index (κ2) is 16.1. The van der Waals surface area contributed by atoms with Crippen LogP contribution in [0.3, 0.4) is 0 Å². The molecule has 6 atom stereocenters. The van der Waals surface area contributed by atoms with E-state index in [9.17, 15) is 19.2 Å². The summed E-state index contributed by atoms with van der Waals surface area (Å²) in [7, 11) is 0. The Balaban J connectivity index is 0.895. The minimum atomic E-state index is -1.12. The lowest BCUT2D eigenvalue weighted by atomic mass is 9.86. The Morgan fingerprint density at radius 2 is 1.00 bits per heavy atom. The molecule has 0 bridgehead atoms. The van der Waals surface area contributed by atoms with Crippen LogP contribution in [0.4, 0.5) is 9.59 Å². The molecule has 14 nitrogen and oxygen atoms in total. The van der Waals surface area contributed by atoms with Crippen molar-refractivity contribution in [1.29, 1.82) is 0 Å². The average molecular weight is 759 g/mol. The Morgan fingerprint density at radius 3 is 1.38 bits per heavy atom. The molecule has 2 aliphatic heterocycles. The number of rotatable bonds is 9. The van der Waals surface area contributed by atoms with Gasteiger partial charge in [0.25, 0.3) is 0 Å². The van der Waals surface area contributed by atoms with Gasteiger partial charge in [-0.1, -0.05) is 48.5 Å². The summed E-state index contributed by atoms with van der Waals surface area (Å²) < 4.78 is 0. The van der Waals surface area contributed by atoms with Gasteiger partial charge in [-0.3, -0.25) is 9.80 Å². The van der Waals surface area contributed by atoms with Crippen molar-refractivity contribution in [3.8, 4) is 33.6 Å². The van der Waals surface area contributed by atoms with Gasteiger partial charge in [0.15, 0.2) is 0 Å². The van der Waals surface area contributed by atoms with E-state index in [0.29, 0.717) is 36.8 Å². The molecule has 290 valence electrons. The van der Waals surface area contributed by atoms with E-state index in [1.165, 1.54) is 0 Å². The van der Waals surface area contributed by atoms with Crippen molar-refractivity contribution >= 4 is 24.1 Å². The summed E-state index contributed by atoms with van der Waals surface area (Å²) >= 11 is 0. The topological polar surface area (TPSA) is 197 Å². The van der Waals surface area contributed by atoms with E-state index in [-0.39, 0.29) is 24.2 Å². The smallest absolute Gasteiger partial charge is 0.405 e. The molecule has 4 fully saturated rings. The number of benzene rings is 2. The Hall–Kier alpha value is -5.78. The van der Waals surface area contributed by atoms with Gasteiger partial charge in [0.2, 0.25) is 0 Å². The Kier molecular flexibility index (Phi) is 10.7. The number of imidazole rings is 2. The first-order chi connectivity index (χ1) is 27.3. The molecule has 4 aromatic rings. The number of likely N-dealkylation sites (tertiary alicyclic amines) is 2. The van der Waals surface area contributed by atoms with Crippen LogP contribution in [0.5, 0.6) is 0 Å². The quantitative estimate of drug-likeness (QED) is 0.105. The molecule has 6 N–H and O–H groups in total. The van der Waals surface area contributed by atoms with Gasteiger partial charge in [0.05, 0.1) is 47.9 Å². The van der Waals surface area contributed by atoms with Gasteiger partial charge in [-0.15, -0.1) is 0 Å². The van der Waals surface area contributed by atoms with Crippen LogP contribution in [-0.4, -0.2) is 101 Å². The number of carbonyl (C=O) groups excluding carboxylic acids is 2. The predicted molar refractivity (Wildman–Crippen MR) is 208 cm³/mol. The van der Waals surface area contributed by atoms with Crippen molar-refractivity contribution in [2.24, 2.45) is 0 Å². The molecular weight excluding hydrogens is 713 g/mol. The Labute approximate surface area is 324 Å². The fourth-order valence-corrected chi connectivity index (χ4v) is 9.50. The third-order valence-corrected chi connectivity index (χ3v) is 12.3. The zero-order valence-corrected chi connectivity index (χ0v) is 31.0. The third-order valence-electron chi connectivity index (χ3n) is 12.3. The first kappa shape index (κ1) is 37.2. The highest BCUT2D eigenvalue weighted by Crippen LogP contribution is 2.40. The van der Waals surface area contributed by atoms with E-state index in [1.54, 1.807) is 0 Å². The van der Waals surface area contributed by atoms with Gasteiger partial charge in [-0.25, -0.2) is 29.1 Å². The number of hydrogen-bond donors (Lipinski definition) is 6. The van der Waals surface area contributed by atoms with Gasteiger partial charge < -0.3 is 30.8 Å². The molecule has 2 aromatic carbocycles. The predicted octanol–water partition coefficient (Wildman–Crippen LogP) is 6.30. The van der Waals surface area contributed by atoms with Crippen molar-refractivity contribution < 1.29 is 29.4 Å². The molecule has 0 radical (unpaired) electrons. The molecule has 4 aliphatic rings. The van der Waals surface area contributed by atoms with E-state index in [1.807, 2.05) is 24.3 Å². The number of hydrogen-bond acceptors (Lipinski definition) is 8. The maximum absolute atomic E-state index is 11.7. The van der Waals surface area contributed by atoms with Crippen molar-refractivity contribution in [2.45, 2.75) is 100 Å². The number of aromatic amines is 2. The maximum Gasteiger partial charge on any atom is 0.405 e. The fraction of sp³-hybridized carbons (Fsp3) is 0.429. The molecule has 2 aromatic heterocycles. The number of aromatic nitrogens is 4. The normalized spacial score (nSPS) is 25.8. The second-order valence-electron chi connectivity index (χ2n) is 15.4. The monoisotopic (exact) mass is 758 g/mol. The number of H-pyrrole nitrogens is 2. The Bertz CT molecular complexity index is 2010. The molecule has 4 heterocycles. The van der Waals surface area contributed by atoms with Crippen molar-refractivity contribution in [3.63, 3.8) is 0 Å². The zero-order chi connectivity index (χ0) is 38.8. The minimum absolute atomic E-state index is 0.107. The van der Waals surface area contributed by atoms with E-state index >= 15 is 0 Å². The number of nitrogens with one attached hydrogen (secondary N) is 4. The summed E-state index contributed by atoms with van der Waals surface area (Å²) in [5.41, 5.74) is 7.13. The van der Waals surface area contributed by atoms with Gasteiger partial charge in [-0.05, 0) is 99.6 Å². The largest absolute Gasteiger partial charge is 0.465 e. The van der Waals surface area contributed by atoms with Crippen LogP contribution in [0.25, 0.3) is 33.6 Å². The average Bonchev–Trinajstić information content (AvgIpc) is 4.05. The van der Waals surface area contributed by atoms with Crippen LogP contribution in [0.15, 0.2) is 72.1 Å². The second-order valence-corrected chi connectivity index (χ2v) is 15.4. The molecule has 2 aliphatic carbocycles. The summed E-state index contributed by atoms with van der Waals surface area (Å²) in [6, 6.07) is 16.4. The number of carboxylic acid groups (broad SMARTS) is 2. The molecule has 2 amide bonds. The summed E-state index contributed by atoms with van der Waals surface area (Å²) in [5, 5.41) is 23.2.